The van der Waals surface area contributed by atoms with Gasteiger partial charge >= 0.3 is 0 Å². The third-order valence-corrected chi connectivity index (χ3v) is 3.48. The van der Waals surface area contributed by atoms with Crippen LogP contribution in [-0.4, -0.2) is 34.3 Å². The standard InChI is InChI=1S/C12H17N2O3/c15-10-14(7-1-2-8-14)9-11-3-5-12(6-4-11)13(16)17/h3-6,15H,1-2,7-10H2/q+1. The topological polar surface area (TPSA) is 63.4 Å². The molecule has 1 aliphatic rings. The van der Waals surface area contributed by atoms with E-state index in [1.807, 2.05) is 0 Å². The van der Waals surface area contributed by atoms with Gasteiger partial charge in [-0.25, -0.2) is 0 Å². The highest BCUT2D eigenvalue weighted by molar-refractivity contribution is 5.32. The number of nitro groups is 1. The molecule has 1 saturated heterocycles. The molecule has 0 amide bonds. The van der Waals surface area contributed by atoms with Crippen molar-refractivity contribution in [3.63, 3.8) is 0 Å². The number of non-ortho nitro benzene ring substituents is 1. The molecule has 0 atom stereocenters. The molecule has 0 bridgehead atoms. The van der Waals surface area contributed by atoms with Crippen LogP contribution >= 0.6 is 0 Å². The molecule has 92 valence electrons. The van der Waals surface area contributed by atoms with Gasteiger partial charge in [-0.1, -0.05) is 0 Å². The predicted molar refractivity (Wildman–Crippen MR) is 63.1 cm³/mol. The van der Waals surface area contributed by atoms with Gasteiger partial charge in [-0.2, -0.15) is 0 Å². The Labute approximate surface area is 100 Å². The number of aliphatic hydroxyl groups is 1. The van der Waals surface area contributed by atoms with Gasteiger partial charge in [0, 0.05) is 30.5 Å². The zero-order valence-electron chi connectivity index (χ0n) is 9.71. The van der Waals surface area contributed by atoms with Gasteiger partial charge in [-0.15, -0.1) is 0 Å². The number of hydrogen-bond donors (Lipinski definition) is 1. The van der Waals surface area contributed by atoms with Gasteiger partial charge < -0.3 is 5.11 Å². The molecule has 0 radical (unpaired) electrons. The number of rotatable bonds is 4. The van der Waals surface area contributed by atoms with E-state index in [4.69, 9.17) is 0 Å². The number of nitro benzene ring substituents is 1. The summed E-state index contributed by atoms with van der Waals surface area (Å²) in [4.78, 5) is 10.1. The molecule has 1 aromatic carbocycles. The van der Waals surface area contributed by atoms with Gasteiger partial charge in [0.15, 0.2) is 6.73 Å². The monoisotopic (exact) mass is 237 g/mol. The Bertz CT molecular complexity index is 397. The summed E-state index contributed by atoms with van der Waals surface area (Å²) in [5, 5.41) is 20.0. The van der Waals surface area contributed by atoms with Gasteiger partial charge in [-0.3, -0.25) is 14.6 Å². The third kappa shape index (κ3) is 2.62. The fraction of sp³-hybridized carbons (Fsp3) is 0.500. The Balaban J connectivity index is 2.10. The minimum absolute atomic E-state index is 0.116. The zero-order valence-corrected chi connectivity index (χ0v) is 9.71. The second kappa shape index (κ2) is 4.81. The number of hydrogen-bond acceptors (Lipinski definition) is 3. The summed E-state index contributed by atoms with van der Waals surface area (Å²) >= 11 is 0. The number of benzene rings is 1. The van der Waals surface area contributed by atoms with E-state index in [0.717, 1.165) is 38.0 Å². The third-order valence-electron chi connectivity index (χ3n) is 3.48. The van der Waals surface area contributed by atoms with E-state index in [1.54, 1.807) is 12.1 Å². The molecular weight excluding hydrogens is 220 g/mol. The smallest absolute Gasteiger partial charge is 0.269 e. The summed E-state index contributed by atoms with van der Waals surface area (Å²) in [7, 11) is 0. The lowest BCUT2D eigenvalue weighted by Crippen LogP contribution is -2.45. The second-order valence-corrected chi connectivity index (χ2v) is 4.72. The lowest BCUT2D eigenvalue weighted by Gasteiger charge is -2.31. The first-order valence-electron chi connectivity index (χ1n) is 5.84. The van der Waals surface area contributed by atoms with E-state index in [2.05, 4.69) is 0 Å². The molecule has 0 saturated carbocycles. The summed E-state index contributed by atoms with van der Waals surface area (Å²) in [6, 6.07) is 6.62. The maximum absolute atomic E-state index is 10.5. The Morgan fingerprint density at radius 1 is 1.24 bits per heavy atom. The average Bonchev–Trinajstić information content (AvgIpc) is 2.79. The Morgan fingerprint density at radius 2 is 1.82 bits per heavy atom. The van der Waals surface area contributed by atoms with Crippen molar-refractivity contribution in [1.82, 2.24) is 0 Å². The highest BCUT2D eigenvalue weighted by atomic mass is 16.6. The molecule has 2 rings (SSSR count). The van der Waals surface area contributed by atoms with E-state index in [-0.39, 0.29) is 12.4 Å². The van der Waals surface area contributed by atoms with E-state index in [9.17, 15) is 15.2 Å². The quantitative estimate of drug-likeness (QED) is 0.492. The van der Waals surface area contributed by atoms with Crippen LogP contribution in [0.15, 0.2) is 24.3 Å². The molecule has 5 nitrogen and oxygen atoms in total. The van der Waals surface area contributed by atoms with Crippen LogP contribution < -0.4 is 0 Å². The first-order valence-corrected chi connectivity index (χ1v) is 5.84. The predicted octanol–water partition coefficient (Wildman–Crippen LogP) is 1.66. The van der Waals surface area contributed by atoms with Crippen molar-refractivity contribution in [1.29, 1.82) is 0 Å². The fourth-order valence-corrected chi connectivity index (χ4v) is 2.47. The SMILES string of the molecule is O=[N+]([O-])c1ccc(C[N+]2(CO)CCCC2)cc1. The van der Waals surface area contributed by atoms with Crippen molar-refractivity contribution in [2.45, 2.75) is 19.4 Å². The van der Waals surface area contributed by atoms with Crippen LogP contribution in [0.3, 0.4) is 0 Å². The van der Waals surface area contributed by atoms with E-state index in [0.29, 0.717) is 4.48 Å². The van der Waals surface area contributed by atoms with Crippen LogP contribution in [0, 0.1) is 10.1 Å². The van der Waals surface area contributed by atoms with Gasteiger partial charge in [0.2, 0.25) is 0 Å². The maximum atomic E-state index is 10.5. The summed E-state index contributed by atoms with van der Waals surface area (Å²) in [6.07, 6.45) is 2.29. The van der Waals surface area contributed by atoms with Crippen LogP contribution in [0.2, 0.25) is 0 Å². The van der Waals surface area contributed by atoms with Gasteiger partial charge in [-0.05, 0) is 12.1 Å². The highest BCUT2D eigenvalue weighted by Crippen LogP contribution is 2.23. The molecule has 0 unspecified atom stereocenters. The summed E-state index contributed by atoms with van der Waals surface area (Å²) in [5.74, 6) is 0. The molecule has 5 heteroatoms. The maximum Gasteiger partial charge on any atom is 0.269 e. The summed E-state index contributed by atoms with van der Waals surface area (Å²) in [6.45, 7) is 2.90. The van der Waals surface area contributed by atoms with Crippen LogP contribution in [0.5, 0.6) is 0 Å². The number of nitrogens with zero attached hydrogens (tertiary/aromatic N) is 2. The van der Waals surface area contributed by atoms with Crippen molar-refractivity contribution >= 4 is 5.69 Å². The second-order valence-electron chi connectivity index (χ2n) is 4.72. The normalized spacial score (nSPS) is 18.2. The number of quaternary nitrogens is 1. The molecule has 1 heterocycles. The van der Waals surface area contributed by atoms with Crippen molar-refractivity contribution < 1.29 is 14.5 Å². The van der Waals surface area contributed by atoms with Crippen LogP contribution in [0.4, 0.5) is 5.69 Å². The Kier molecular flexibility index (Phi) is 3.40. The van der Waals surface area contributed by atoms with Gasteiger partial charge in [0.1, 0.15) is 6.54 Å². The molecule has 0 aliphatic carbocycles. The van der Waals surface area contributed by atoms with Crippen molar-refractivity contribution in [3.05, 3.63) is 39.9 Å². The molecule has 1 N–H and O–H groups in total. The lowest BCUT2D eigenvalue weighted by atomic mass is 10.2. The first-order chi connectivity index (χ1) is 8.15. The van der Waals surface area contributed by atoms with Crippen LogP contribution in [-0.2, 0) is 6.54 Å². The Hall–Kier alpha value is -1.46. The van der Waals surface area contributed by atoms with Crippen molar-refractivity contribution in [3.8, 4) is 0 Å². The van der Waals surface area contributed by atoms with Gasteiger partial charge in [0.25, 0.3) is 5.69 Å². The van der Waals surface area contributed by atoms with Crippen LogP contribution in [0.1, 0.15) is 18.4 Å². The van der Waals surface area contributed by atoms with E-state index < -0.39 is 4.92 Å². The minimum Gasteiger partial charge on any atom is -0.347 e. The molecule has 0 aromatic heterocycles. The van der Waals surface area contributed by atoms with E-state index >= 15 is 0 Å². The van der Waals surface area contributed by atoms with Crippen LogP contribution in [0.25, 0.3) is 0 Å². The number of aliphatic hydroxyl groups excluding tert-OH is 1. The molecule has 1 aliphatic heterocycles. The molecule has 17 heavy (non-hydrogen) atoms. The van der Waals surface area contributed by atoms with Crippen molar-refractivity contribution in [2.75, 3.05) is 19.8 Å². The molecule has 0 spiro atoms. The van der Waals surface area contributed by atoms with Gasteiger partial charge in [0.05, 0.1) is 18.0 Å². The average molecular weight is 237 g/mol. The number of likely N-dealkylation sites (tertiary alicyclic amines) is 1. The molecule has 1 aromatic rings. The first kappa shape index (κ1) is 12.0. The largest absolute Gasteiger partial charge is 0.347 e. The lowest BCUT2D eigenvalue weighted by molar-refractivity contribution is -0.946. The molecular formula is C12H17N2O3+. The fourth-order valence-electron chi connectivity index (χ4n) is 2.47. The minimum atomic E-state index is -0.393. The highest BCUT2D eigenvalue weighted by Gasteiger charge is 2.31. The zero-order chi connectivity index (χ0) is 12.3. The summed E-state index contributed by atoms with van der Waals surface area (Å²) in [5.41, 5.74) is 1.16. The summed E-state index contributed by atoms with van der Waals surface area (Å²) < 4.78 is 0.692. The van der Waals surface area contributed by atoms with Crippen molar-refractivity contribution in [2.24, 2.45) is 0 Å². The Morgan fingerprint density at radius 3 is 2.29 bits per heavy atom. The van der Waals surface area contributed by atoms with E-state index in [1.165, 1.54) is 12.1 Å². The molecule has 1 fully saturated rings.